The minimum Gasteiger partial charge on any atom is -0.493 e. The second kappa shape index (κ2) is 8.94. The van der Waals surface area contributed by atoms with Crippen LogP contribution >= 0.6 is 0 Å². The first-order valence-electron chi connectivity index (χ1n) is 11.1. The molecule has 1 amide bonds. The summed E-state index contributed by atoms with van der Waals surface area (Å²) in [5, 5.41) is 8.09. The number of nitrogens with zero attached hydrogens (tertiary/aromatic N) is 3. The molecule has 0 spiro atoms. The number of benzene rings is 3. The van der Waals surface area contributed by atoms with E-state index < -0.39 is 0 Å². The number of rotatable bonds is 6. The molecule has 2 heterocycles. The molecule has 0 radical (unpaired) electrons. The van der Waals surface area contributed by atoms with Gasteiger partial charge < -0.3 is 19.7 Å². The summed E-state index contributed by atoms with van der Waals surface area (Å²) in [7, 11) is 5.21. The lowest BCUT2D eigenvalue weighted by atomic mass is 10.0. The van der Waals surface area contributed by atoms with E-state index in [1.54, 1.807) is 14.2 Å². The highest BCUT2D eigenvalue weighted by Gasteiger charge is 2.32. The van der Waals surface area contributed by atoms with E-state index in [0.29, 0.717) is 23.6 Å². The predicted molar refractivity (Wildman–Crippen MR) is 131 cm³/mol. The third-order valence-electron chi connectivity index (χ3n) is 6.11. The van der Waals surface area contributed by atoms with Gasteiger partial charge in [0.15, 0.2) is 11.5 Å². The third-order valence-corrected chi connectivity index (χ3v) is 6.11. The first-order chi connectivity index (χ1) is 16.6. The number of amides is 1. The number of nitrogens with one attached hydrogen (secondary N) is 1. The maximum atomic E-state index is 12.9. The topological polar surface area (TPSA) is 68.6 Å². The van der Waals surface area contributed by atoms with Crippen LogP contribution in [0, 0.1) is 0 Å². The van der Waals surface area contributed by atoms with Gasteiger partial charge in [0.1, 0.15) is 6.17 Å². The number of fused-ring (bicyclic) bond motifs is 1. The quantitative estimate of drug-likeness (QED) is 0.465. The Morgan fingerprint density at radius 2 is 1.68 bits per heavy atom. The number of carbonyl (C=O) groups is 1. The lowest BCUT2D eigenvalue weighted by Crippen LogP contribution is -2.44. The Kier molecular flexibility index (Phi) is 5.67. The molecular weight excluding hydrogens is 428 g/mol. The van der Waals surface area contributed by atoms with Gasteiger partial charge in [-0.2, -0.15) is 5.10 Å². The number of para-hydroxylation sites is 1. The van der Waals surface area contributed by atoms with Gasteiger partial charge in [-0.3, -0.25) is 9.48 Å². The van der Waals surface area contributed by atoms with Crippen molar-refractivity contribution < 1.29 is 14.3 Å². The molecule has 0 bridgehead atoms. The van der Waals surface area contributed by atoms with Crippen LogP contribution in [0.25, 0.3) is 11.3 Å². The average molecular weight is 455 g/mol. The molecule has 34 heavy (non-hydrogen) atoms. The summed E-state index contributed by atoms with van der Waals surface area (Å²) in [6.45, 7) is 0.613. The summed E-state index contributed by atoms with van der Waals surface area (Å²) in [5.74, 6) is 1.16. The molecule has 0 aliphatic carbocycles. The van der Waals surface area contributed by atoms with Crippen molar-refractivity contribution in [2.45, 2.75) is 12.7 Å². The van der Waals surface area contributed by atoms with E-state index in [9.17, 15) is 4.79 Å². The van der Waals surface area contributed by atoms with E-state index in [0.717, 1.165) is 28.1 Å². The molecule has 3 aromatic carbocycles. The molecule has 0 saturated heterocycles. The second-order valence-corrected chi connectivity index (χ2v) is 8.19. The van der Waals surface area contributed by atoms with Gasteiger partial charge in [0.25, 0.3) is 5.91 Å². The lowest BCUT2D eigenvalue weighted by Gasteiger charge is -2.36. The van der Waals surface area contributed by atoms with E-state index in [4.69, 9.17) is 14.6 Å². The van der Waals surface area contributed by atoms with Crippen LogP contribution in [0.1, 0.15) is 27.7 Å². The van der Waals surface area contributed by atoms with Crippen LogP contribution in [0.2, 0.25) is 0 Å². The van der Waals surface area contributed by atoms with Crippen molar-refractivity contribution in [1.82, 2.24) is 15.1 Å². The van der Waals surface area contributed by atoms with E-state index in [2.05, 4.69) is 22.3 Å². The summed E-state index contributed by atoms with van der Waals surface area (Å²) >= 11 is 0. The zero-order valence-electron chi connectivity index (χ0n) is 19.4. The summed E-state index contributed by atoms with van der Waals surface area (Å²) in [4.78, 5) is 15.0. The Hall–Kier alpha value is -4.26. The van der Waals surface area contributed by atoms with E-state index in [-0.39, 0.29) is 12.1 Å². The van der Waals surface area contributed by atoms with E-state index in [1.165, 1.54) is 0 Å². The highest BCUT2D eigenvalue weighted by molar-refractivity contribution is 6.02. The Labute approximate surface area is 198 Å². The largest absolute Gasteiger partial charge is 0.493 e. The number of ether oxygens (including phenoxy) is 2. The molecule has 1 aliphatic rings. The van der Waals surface area contributed by atoms with Crippen molar-refractivity contribution in [3.8, 4) is 22.8 Å². The van der Waals surface area contributed by atoms with Crippen LogP contribution in [0.5, 0.6) is 11.5 Å². The highest BCUT2D eigenvalue weighted by Crippen LogP contribution is 2.38. The summed E-state index contributed by atoms with van der Waals surface area (Å²) < 4.78 is 12.9. The van der Waals surface area contributed by atoms with Gasteiger partial charge in [-0.25, -0.2) is 0 Å². The monoisotopic (exact) mass is 454 g/mol. The molecule has 0 fully saturated rings. The minimum absolute atomic E-state index is 0.104. The molecule has 1 aliphatic heterocycles. The minimum atomic E-state index is -0.380. The average Bonchev–Trinajstić information content (AvgIpc) is 3.29. The van der Waals surface area contributed by atoms with Crippen LogP contribution in [0.4, 0.5) is 5.69 Å². The number of aromatic nitrogens is 2. The molecule has 7 nitrogen and oxygen atoms in total. The maximum Gasteiger partial charge on any atom is 0.255 e. The van der Waals surface area contributed by atoms with Crippen molar-refractivity contribution in [3.63, 3.8) is 0 Å². The molecular formula is C27H26N4O3. The molecule has 1 unspecified atom stereocenters. The van der Waals surface area contributed by atoms with Crippen LogP contribution < -0.4 is 19.7 Å². The van der Waals surface area contributed by atoms with Crippen molar-refractivity contribution in [1.29, 1.82) is 0 Å². The van der Waals surface area contributed by atoms with Crippen molar-refractivity contribution in [2.24, 2.45) is 0 Å². The normalized spacial score (nSPS) is 15.0. The Bertz CT molecular complexity index is 1330. The fourth-order valence-corrected chi connectivity index (χ4v) is 4.39. The van der Waals surface area contributed by atoms with Crippen LogP contribution in [-0.4, -0.2) is 37.0 Å². The third kappa shape index (κ3) is 3.85. The van der Waals surface area contributed by atoms with Crippen LogP contribution in [-0.2, 0) is 6.54 Å². The number of methoxy groups -OCH3 is 2. The zero-order valence-corrected chi connectivity index (χ0v) is 19.4. The van der Waals surface area contributed by atoms with Crippen LogP contribution in [0.3, 0.4) is 0 Å². The number of hydrogen-bond donors (Lipinski definition) is 1. The van der Waals surface area contributed by atoms with Gasteiger partial charge >= 0.3 is 0 Å². The zero-order chi connectivity index (χ0) is 23.7. The van der Waals surface area contributed by atoms with Gasteiger partial charge in [-0.05, 0) is 35.9 Å². The van der Waals surface area contributed by atoms with Gasteiger partial charge in [0.2, 0.25) is 0 Å². The molecule has 5 rings (SSSR count). The molecule has 172 valence electrons. The number of anilines is 1. The molecule has 1 atom stereocenters. The highest BCUT2D eigenvalue weighted by atomic mass is 16.5. The van der Waals surface area contributed by atoms with Gasteiger partial charge in [-0.15, -0.1) is 0 Å². The van der Waals surface area contributed by atoms with E-state index in [1.807, 2.05) is 78.6 Å². The summed E-state index contributed by atoms with van der Waals surface area (Å²) in [6, 6.07) is 23.5. The molecule has 4 aromatic rings. The number of hydrogen-bond acceptors (Lipinski definition) is 5. The van der Waals surface area contributed by atoms with Crippen molar-refractivity contribution in [3.05, 3.63) is 95.7 Å². The molecule has 1 aromatic heterocycles. The smallest absolute Gasteiger partial charge is 0.255 e. The summed E-state index contributed by atoms with van der Waals surface area (Å²) in [5.41, 5.74) is 5.22. The number of carbonyl (C=O) groups excluding carboxylic acids is 1. The fourth-order valence-electron chi connectivity index (χ4n) is 4.39. The lowest BCUT2D eigenvalue weighted by molar-refractivity contribution is 0.0928. The van der Waals surface area contributed by atoms with Crippen molar-refractivity contribution >= 4 is 11.6 Å². The maximum absolute atomic E-state index is 12.9. The van der Waals surface area contributed by atoms with Crippen LogP contribution in [0.15, 0.2) is 79.0 Å². The summed E-state index contributed by atoms with van der Waals surface area (Å²) in [6.07, 6.45) is 1.63. The Balaban J connectivity index is 1.62. The SMILES string of the molecule is COc1ccc(-c2nn(Cc3ccccc3)cc2C2NC(=O)c3ccccc3N2C)cc1OC. The Morgan fingerprint density at radius 1 is 0.941 bits per heavy atom. The fraction of sp³-hybridized carbons (Fsp3) is 0.185. The van der Waals surface area contributed by atoms with Crippen molar-refractivity contribution in [2.75, 3.05) is 26.2 Å². The van der Waals surface area contributed by atoms with E-state index >= 15 is 0 Å². The standard InChI is InChI=1S/C27H26N4O3/c1-30-22-12-8-7-11-20(22)27(32)28-26(30)21-17-31(16-18-9-5-4-6-10-18)29-25(21)19-13-14-23(33-2)24(15-19)34-3/h4-15,17,26H,16H2,1-3H3,(H,28,32). The van der Waals surface area contributed by atoms with Gasteiger partial charge in [0, 0.05) is 24.4 Å². The Morgan fingerprint density at radius 3 is 2.44 bits per heavy atom. The molecule has 0 saturated carbocycles. The predicted octanol–water partition coefficient (Wildman–Crippen LogP) is 4.49. The molecule has 1 N–H and O–H groups in total. The second-order valence-electron chi connectivity index (χ2n) is 8.19. The van der Waals surface area contributed by atoms with Gasteiger partial charge in [-0.1, -0.05) is 42.5 Å². The first kappa shape index (κ1) is 21.6. The first-order valence-corrected chi connectivity index (χ1v) is 11.1. The van der Waals surface area contributed by atoms with Gasteiger partial charge in [0.05, 0.1) is 37.7 Å². The molecule has 7 heteroatoms.